The first-order valence-corrected chi connectivity index (χ1v) is 5.65. The van der Waals surface area contributed by atoms with Gasteiger partial charge in [-0.3, -0.25) is 4.79 Å². The average Bonchev–Trinajstić information content (AvgIpc) is 2.78. The fourth-order valence-electron chi connectivity index (χ4n) is 1.80. The van der Waals surface area contributed by atoms with E-state index in [0.717, 1.165) is 18.8 Å². The van der Waals surface area contributed by atoms with E-state index < -0.39 is 0 Å². The molecule has 1 aliphatic heterocycles. The van der Waals surface area contributed by atoms with E-state index in [2.05, 4.69) is 11.5 Å². The Bertz CT molecular complexity index is 425. The van der Waals surface area contributed by atoms with Crippen LogP contribution in [0.2, 0.25) is 0 Å². The molecule has 1 aromatic carbocycles. The molecule has 0 unspecified atom stereocenters. The first-order chi connectivity index (χ1) is 8.29. The molecule has 0 spiro atoms. The number of hydrogen-bond acceptors (Lipinski definition) is 3. The van der Waals surface area contributed by atoms with Crippen molar-refractivity contribution in [2.75, 3.05) is 19.8 Å². The van der Waals surface area contributed by atoms with Crippen molar-refractivity contribution in [1.82, 2.24) is 9.80 Å². The van der Waals surface area contributed by atoms with E-state index in [4.69, 9.17) is 0 Å². The molecule has 0 N–H and O–H groups in total. The fourth-order valence-corrected chi connectivity index (χ4v) is 1.80. The van der Waals surface area contributed by atoms with Crippen LogP contribution in [-0.4, -0.2) is 35.3 Å². The summed E-state index contributed by atoms with van der Waals surface area (Å²) in [5, 5.41) is 0. The molecule has 0 aromatic heterocycles. The van der Waals surface area contributed by atoms with Crippen LogP contribution in [0.3, 0.4) is 0 Å². The van der Waals surface area contributed by atoms with Crippen LogP contribution < -0.4 is 0 Å². The lowest BCUT2D eigenvalue weighted by molar-refractivity contribution is 0.0947. The van der Waals surface area contributed by atoms with Gasteiger partial charge in [-0.2, -0.15) is 0 Å². The second kappa shape index (κ2) is 5.34. The number of rotatable bonds is 5. The van der Waals surface area contributed by atoms with Gasteiger partial charge in [0.2, 0.25) is 0 Å². The Kier molecular flexibility index (Phi) is 3.60. The van der Waals surface area contributed by atoms with E-state index >= 15 is 0 Å². The van der Waals surface area contributed by atoms with Crippen molar-refractivity contribution in [3.63, 3.8) is 0 Å². The minimum absolute atomic E-state index is 0.149. The van der Waals surface area contributed by atoms with Gasteiger partial charge in [-0.25, -0.2) is 0 Å². The molecule has 0 bridgehead atoms. The van der Waals surface area contributed by atoms with Crippen LogP contribution in [0.4, 0.5) is 0 Å². The Morgan fingerprint density at radius 3 is 2.65 bits per heavy atom. The van der Waals surface area contributed by atoms with Crippen molar-refractivity contribution in [2.24, 2.45) is 0 Å². The molecule has 88 valence electrons. The summed E-state index contributed by atoms with van der Waals surface area (Å²) in [6, 6.07) is 9.39. The molecule has 1 aromatic rings. The maximum absolute atomic E-state index is 12.0. The Balaban J connectivity index is 1.89. The first-order valence-electron chi connectivity index (χ1n) is 5.65. The van der Waals surface area contributed by atoms with Gasteiger partial charge in [0.05, 0.1) is 13.2 Å². The lowest BCUT2D eigenvalue weighted by atomic mass is 10.1. The summed E-state index contributed by atoms with van der Waals surface area (Å²) in [4.78, 5) is 16.1. The van der Waals surface area contributed by atoms with Gasteiger partial charge >= 0.3 is 0 Å². The van der Waals surface area contributed by atoms with Gasteiger partial charge < -0.3 is 9.80 Å². The highest BCUT2D eigenvalue weighted by Gasteiger charge is 2.14. The Morgan fingerprint density at radius 2 is 1.94 bits per heavy atom. The number of carbonyl (C=O) groups is 1. The minimum Gasteiger partial charge on any atom is -0.355 e. The number of nitrogens with zero attached hydrogens (tertiary/aromatic N) is 2. The summed E-state index contributed by atoms with van der Waals surface area (Å²) < 4.78 is 0. The Hall–Kier alpha value is -2.03. The smallest absolute Gasteiger partial charge is 0.182 e. The lowest BCUT2D eigenvalue weighted by Crippen LogP contribution is -2.29. The molecule has 0 saturated carbocycles. The fraction of sp³-hybridized carbons (Fsp3) is 0.214. The van der Waals surface area contributed by atoms with E-state index in [1.807, 2.05) is 53.7 Å². The molecule has 0 amide bonds. The highest BCUT2D eigenvalue weighted by Crippen LogP contribution is 2.08. The number of hydrogen-bond donors (Lipinski definition) is 0. The topological polar surface area (TPSA) is 23.6 Å². The summed E-state index contributed by atoms with van der Waals surface area (Å²) in [5.74, 6) is 0.149. The second-order valence-electron chi connectivity index (χ2n) is 4.04. The quantitative estimate of drug-likeness (QED) is 0.569. The molecule has 0 saturated heterocycles. The van der Waals surface area contributed by atoms with E-state index in [1.165, 1.54) is 0 Å². The molecule has 17 heavy (non-hydrogen) atoms. The van der Waals surface area contributed by atoms with Gasteiger partial charge in [-0.1, -0.05) is 36.4 Å². The number of carbonyl (C=O) groups excluding carboxylic acids is 1. The maximum atomic E-state index is 12.0. The zero-order valence-corrected chi connectivity index (χ0v) is 9.75. The molecule has 0 atom stereocenters. The van der Waals surface area contributed by atoms with Crippen molar-refractivity contribution in [2.45, 2.75) is 0 Å². The summed E-state index contributed by atoms with van der Waals surface area (Å²) in [6.07, 6.45) is 5.79. The summed E-state index contributed by atoms with van der Waals surface area (Å²) in [5.41, 5.74) is 0.767. The molecular formula is C14H16N2O. The highest BCUT2D eigenvalue weighted by atomic mass is 16.1. The minimum atomic E-state index is 0.149. The Labute approximate surface area is 102 Å². The van der Waals surface area contributed by atoms with Gasteiger partial charge in [0.15, 0.2) is 5.78 Å². The highest BCUT2D eigenvalue weighted by molar-refractivity contribution is 5.97. The van der Waals surface area contributed by atoms with Crippen molar-refractivity contribution in [1.29, 1.82) is 0 Å². The molecule has 0 fully saturated rings. The molecule has 2 rings (SSSR count). The zero-order chi connectivity index (χ0) is 12.1. The number of benzene rings is 1. The molecule has 0 radical (unpaired) electrons. The van der Waals surface area contributed by atoms with Gasteiger partial charge in [0.1, 0.15) is 0 Å². The van der Waals surface area contributed by atoms with Crippen LogP contribution in [-0.2, 0) is 0 Å². The average molecular weight is 228 g/mol. The molecule has 1 aliphatic rings. The van der Waals surface area contributed by atoms with E-state index in [1.54, 1.807) is 0 Å². The van der Waals surface area contributed by atoms with Gasteiger partial charge in [-0.05, 0) is 0 Å². The summed E-state index contributed by atoms with van der Waals surface area (Å²) in [7, 11) is 0. The maximum Gasteiger partial charge on any atom is 0.182 e. The van der Waals surface area contributed by atoms with E-state index in [0.29, 0.717) is 6.54 Å². The van der Waals surface area contributed by atoms with Crippen molar-refractivity contribution >= 4 is 5.78 Å². The molecule has 3 nitrogen and oxygen atoms in total. The van der Waals surface area contributed by atoms with Crippen LogP contribution >= 0.6 is 0 Å². The number of Topliss-reactive ketones (excluding diaryl/α,β-unsaturated/α-hetero) is 1. The second-order valence-corrected chi connectivity index (χ2v) is 4.04. The van der Waals surface area contributed by atoms with Gasteiger partial charge in [0, 0.05) is 24.5 Å². The normalized spacial score (nSPS) is 14.1. The Morgan fingerprint density at radius 1 is 1.24 bits per heavy atom. The molecule has 0 aliphatic carbocycles. The van der Waals surface area contributed by atoms with Crippen molar-refractivity contribution in [3.05, 3.63) is 61.0 Å². The van der Waals surface area contributed by atoms with Crippen molar-refractivity contribution < 1.29 is 4.79 Å². The summed E-state index contributed by atoms with van der Waals surface area (Å²) in [6.45, 7) is 5.69. The third kappa shape index (κ3) is 2.97. The largest absolute Gasteiger partial charge is 0.355 e. The van der Waals surface area contributed by atoms with E-state index in [-0.39, 0.29) is 5.78 Å². The predicted molar refractivity (Wildman–Crippen MR) is 68.4 cm³/mol. The predicted octanol–water partition coefficient (Wildman–Crippen LogP) is 2.10. The standard InChI is InChI=1S/C14H16N2O/c1-2-8-15-9-10-16(12-15)11-14(17)13-6-4-3-5-7-13/h2-7,9-10H,1,8,11-12H2. The van der Waals surface area contributed by atoms with Crippen LogP contribution in [0.15, 0.2) is 55.4 Å². The van der Waals surface area contributed by atoms with Gasteiger partial charge in [0.25, 0.3) is 0 Å². The summed E-state index contributed by atoms with van der Waals surface area (Å²) >= 11 is 0. The van der Waals surface area contributed by atoms with Crippen molar-refractivity contribution in [3.8, 4) is 0 Å². The molecule has 3 heteroatoms. The lowest BCUT2D eigenvalue weighted by Gasteiger charge is -2.19. The zero-order valence-electron chi connectivity index (χ0n) is 9.75. The van der Waals surface area contributed by atoms with Gasteiger partial charge in [-0.15, -0.1) is 6.58 Å². The molecular weight excluding hydrogens is 212 g/mol. The monoisotopic (exact) mass is 228 g/mol. The third-order valence-electron chi connectivity index (χ3n) is 2.66. The number of ketones is 1. The SMILES string of the molecule is C=CCN1C=CN(CC(=O)c2ccccc2)C1. The molecule has 1 heterocycles. The third-order valence-corrected chi connectivity index (χ3v) is 2.66. The van der Waals surface area contributed by atoms with Crippen LogP contribution in [0.5, 0.6) is 0 Å². The van der Waals surface area contributed by atoms with E-state index in [9.17, 15) is 4.79 Å². The van der Waals surface area contributed by atoms with Crippen LogP contribution in [0.1, 0.15) is 10.4 Å². The van der Waals surface area contributed by atoms with Crippen LogP contribution in [0.25, 0.3) is 0 Å². The first kappa shape index (κ1) is 11.5. The van der Waals surface area contributed by atoms with Crippen LogP contribution in [0, 0.1) is 0 Å².